The smallest absolute Gasteiger partial charge is 0.360 e. The highest BCUT2D eigenvalue weighted by molar-refractivity contribution is 5.86. The molecule has 0 bridgehead atoms. The first-order valence-electron chi connectivity index (χ1n) is 4.55. The molecule has 1 aromatic rings. The van der Waals surface area contributed by atoms with Crippen LogP contribution in [0.5, 0.6) is 0 Å². The van der Waals surface area contributed by atoms with Gasteiger partial charge in [0.2, 0.25) is 0 Å². The second kappa shape index (κ2) is 3.77. The summed E-state index contributed by atoms with van der Waals surface area (Å²) in [5.74, 6) is -0.428. The van der Waals surface area contributed by atoms with Gasteiger partial charge in [-0.1, -0.05) is 0 Å². The van der Waals surface area contributed by atoms with Gasteiger partial charge in [-0.2, -0.15) is 9.90 Å². The molecule has 0 aromatic carbocycles. The van der Waals surface area contributed by atoms with Gasteiger partial charge < -0.3 is 4.74 Å². The minimum Gasteiger partial charge on any atom is -0.461 e. The lowest BCUT2D eigenvalue weighted by molar-refractivity contribution is 0.0517. The van der Waals surface area contributed by atoms with E-state index >= 15 is 0 Å². The fourth-order valence-corrected chi connectivity index (χ4v) is 0.885. The van der Waals surface area contributed by atoms with E-state index < -0.39 is 5.97 Å². The van der Waals surface area contributed by atoms with Crippen LogP contribution in [-0.2, 0) is 10.3 Å². The molecule has 0 saturated carbocycles. The average molecular weight is 197 g/mol. The molecule has 0 spiro atoms. The summed E-state index contributed by atoms with van der Waals surface area (Å²) < 4.78 is 4.80. The van der Waals surface area contributed by atoms with Gasteiger partial charge in [-0.15, -0.1) is 5.10 Å². The average Bonchev–Trinajstić information content (AvgIpc) is 2.51. The highest BCUT2D eigenvalue weighted by Crippen LogP contribution is 2.10. The second-order valence-corrected chi connectivity index (χ2v) is 3.91. The Morgan fingerprint density at radius 2 is 2.21 bits per heavy atom. The molecule has 5 heteroatoms. The number of carbonyl (C=O) groups is 1. The van der Waals surface area contributed by atoms with Gasteiger partial charge in [0.1, 0.15) is 0 Å². The highest BCUT2D eigenvalue weighted by atomic mass is 16.5. The molecular weight excluding hydrogens is 182 g/mol. The lowest BCUT2D eigenvalue weighted by Gasteiger charge is -2.16. The SMILES string of the molecule is CCOC(=O)c1cnn(C(C)(C)C)n1. The van der Waals surface area contributed by atoms with Gasteiger partial charge in [-0.3, -0.25) is 0 Å². The number of ether oxygens (including phenoxy) is 1. The Kier molecular flexibility index (Phi) is 2.88. The fraction of sp³-hybridized carbons (Fsp3) is 0.667. The van der Waals surface area contributed by atoms with E-state index in [1.54, 1.807) is 6.92 Å². The normalized spacial score (nSPS) is 11.4. The third kappa shape index (κ3) is 2.31. The molecule has 0 radical (unpaired) electrons. The van der Waals surface area contributed by atoms with Gasteiger partial charge in [0.15, 0.2) is 5.69 Å². The molecule has 0 N–H and O–H groups in total. The lowest BCUT2D eigenvalue weighted by atomic mass is 10.1. The van der Waals surface area contributed by atoms with E-state index in [2.05, 4.69) is 10.2 Å². The number of nitrogens with zero attached hydrogens (tertiary/aromatic N) is 3. The van der Waals surface area contributed by atoms with Crippen LogP contribution in [0, 0.1) is 0 Å². The molecule has 78 valence electrons. The molecule has 0 aliphatic heterocycles. The molecule has 0 aliphatic rings. The maximum atomic E-state index is 11.2. The number of rotatable bonds is 2. The van der Waals surface area contributed by atoms with Crippen molar-refractivity contribution in [1.29, 1.82) is 0 Å². The maximum absolute atomic E-state index is 11.2. The van der Waals surface area contributed by atoms with Crippen LogP contribution < -0.4 is 0 Å². The van der Waals surface area contributed by atoms with Gasteiger partial charge in [0.25, 0.3) is 0 Å². The van der Waals surface area contributed by atoms with Gasteiger partial charge in [-0.05, 0) is 27.7 Å². The summed E-state index contributed by atoms with van der Waals surface area (Å²) in [4.78, 5) is 12.7. The molecule has 1 aromatic heterocycles. The number of hydrogen-bond donors (Lipinski definition) is 0. The third-order valence-corrected chi connectivity index (χ3v) is 1.58. The van der Waals surface area contributed by atoms with E-state index in [1.807, 2.05) is 20.8 Å². The van der Waals surface area contributed by atoms with Crippen molar-refractivity contribution in [3.8, 4) is 0 Å². The van der Waals surface area contributed by atoms with E-state index in [4.69, 9.17) is 4.74 Å². The van der Waals surface area contributed by atoms with Crippen molar-refractivity contribution in [2.24, 2.45) is 0 Å². The number of esters is 1. The van der Waals surface area contributed by atoms with Crippen LogP contribution >= 0.6 is 0 Å². The van der Waals surface area contributed by atoms with Crippen LogP contribution in [0.3, 0.4) is 0 Å². The molecule has 0 aliphatic carbocycles. The van der Waals surface area contributed by atoms with E-state index in [0.29, 0.717) is 6.61 Å². The molecule has 0 saturated heterocycles. The lowest BCUT2D eigenvalue weighted by Crippen LogP contribution is -2.25. The zero-order valence-electron chi connectivity index (χ0n) is 8.94. The molecule has 5 nitrogen and oxygen atoms in total. The fourth-order valence-electron chi connectivity index (χ4n) is 0.885. The Morgan fingerprint density at radius 1 is 1.57 bits per heavy atom. The zero-order chi connectivity index (χ0) is 10.8. The predicted molar refractivity (Wildman–Crippen MR) is 51.0 cm³/mol. The Hall–Kier alpha value is -1.39. The standard InChI is InChI=1S/C9H15N3O2/c1-5-14-8(13)7-6-10-12(11-7)9(2,3)4/h6H,5H2,1-4H3. The Balaban J connectivity index is 2.83. The summed E-state index contributed by atoms with van der Waals surface area (Å²) in [7, 11) is 0. The first kappa shape index (κ1) is 10.7. The summed E-state index contributed by atoms with van der Waals surface area (Å²) in [6, 6.07) is 0. The van der Waals surface area contributed by atoms with Crippen molar-refractivity contribution in [1.82, 2.24) is 15.0 Å². The second-order valence-electron chi connectivity index (χ2n) is 3.91. The van der Waals surface area contributed by atoms with Crippen LogP contribution in [0.15, 0.2) is 6.20 Å². The molecule has 0 fully saturated rings. The van der Waals surface area contributed by atoms with E-state index in [-0.39, 0.29) is 11.2 Å². The van der Waals surface area contributed by atoms with Gasteiger partial charge in [-0.25, -0.2) is 4.79 Å². The van der Waals surface area contributed by atoms with Crippen LogP contribution in [-0.4, -0.2) is 27.6 Å². The van der Waals surface area contributed by atoms with Crippen LogP contribution in [0.2, 0.25) is 0 Å². The van der Waals surface area contributed by atoms with Crippen molar-refractivity contribution in [3.63, 3.8) is 0 Å². The Morgan fingerprint density at radius 3 is 2.64 bits per heavy atom. The van der Waals surface area contributed by atoms with E-state index in [1.165, 1.54) is 11.0 Å². The topological polar surface area (TPSA) is 57.0 Å². The minimum atomic E-state index is -0.428. The summed E-state index contributed by atoms with van der Waals surface area (Å²) in [5, 5.41) is 8.03. The number of hydrogen-bond acceptors (Lipinski definition) is 4. The Labute approximate surface area is 83.1 Å². The number of carbonyl (C=O) groups excluding carboxylic acids is 1. The van der Waals surface area contributed by atoms with Gasteiger partial charge in [0, 0.05) is 0 Å². The van der Waals surface area contributed by atoms with Crippen LogP contribution in [0.1, 0.15) is 38.2 Å². The largest absolute Gasteiger partial charge is 0.461 e. The van der Waals surface area contributed by atoms with Crippen molar-refractivity contribution >= 4 is 5.97 Å². The molecule has 0 unspecified atom stereocenters. The molecule has 14 heavy (non-hydrogen) atoms. The first-order chi connectivity index (χ1) is 6.45. The minimum absolute atomic E-state index is 0.218. The predicted octanol–water partition coefficient (Wildman–Crippen LogP) is 1.21. The zero-order valence-corrected chi connectivity index (χ0v) is 8.94. The van der Waals surface area contributed by atoms with Crippen molar-refractivity contribution < 1.29 is 9.53 Å². The first-order valence-corrected chi connectivity index (χ1v) is 4.55. The van der Waals surface area contributed by atoms with Crippen LogP contribution in [0.25, 0.3) is 0 Å². The van der Waals surface area contributed by atoms with Crippen molar-refractivity contribution in [2.45, 2.75) is 33.2 Å². The molecule has 1 heterocycles. The van der Waals surface area contributed by atoms with Crippen molar-refractivity contribution in [2.75, 3.05) is 6.61 Å². The van der Waals surface area contributed by atoms with E-state index in [9.17, 15) is 4.79 Å². The monoisotopic (exact) mass is 197 g/mol. The summed E-state index contributed by atoms with van der Waals surface area (Å²) in [5.41, 5.74) is 0.0341. The van der Waals surface area contributed by atoms with Crippen LogP contribution in [0.4, 0.5) is 0 Å². The van der Waals surface area contributed by atoms with Gasteiger partial charge in [0.05, 0.1) is 18.3 Å². The van der Waals surface area contributed by atoms with Crippen molar-refractivity contribution in [3.05, 3.63) is 11.9 Å². The summed E-state index contributed by atoms with van der Waals surface area (Å²) >= 11 is 0. The molecule has 0 atom stereocenters. The highest BCUT2D eigenvalue weighted by Gasteiger charge is 2.18. The molecule has 0 amide bonds. The quantitative estimate of drug-likeness (QED) is 0.669. The molecule has 1 rings (SSSR count). The number of aromatic nitrogens is 3. The maximum Gasteiger partial charge on any atom is 0.360 e. The third-order valence-electron chi connectivity index (χ3n) is 1.58. The Bertz CT molecular complexity index is 325. The summed E-state index contributed by atoms with van der Waals surface area (Å²) in [6.07, 6.45) is 1.42. The van der Waals surface area contributed by atoms with E-state index in [0.717, 1.165) is 0 Å². The van der Waals surface area contributed by atoms with Gasteiger partial charge >= 0.3 is 5.97 Å². The molecular formula is C9H15N3O2. The summed E-state index contributed by atoms with van der Waals surface area (Å²) in [6.45, 7) is 7.99.